The van der Waals surface area contributed by atoms with Crippen LogP contribution < -0.4 is 0 Å². The van der Waals surface area contributed by atoms with E-state index in [9.17, 15) is 28.2 Å². The lowest BCUT2D eigenvalue weighted by Gasteiger charge is -2.46. The number of carboxylic acids is 1. The molecule has 2 aromatic rings. The molecule has 0 aromatic heterocycles. The third-order valence-corrected chi connectivity index (χ3v) is 8.46. The fourth-order valence-electron chi connectivity index (χ4n) is 5.15. The van der Waals surface area contributed by atoms with Gasteiger partial charge in [-0.15, -0.1) is 0 Å². The van der Waals surface area contributed by atoms with Gasteiger partial charge >= 0.3 is 5.97 Å². The molecule has 34 heavy (non-hydrogen) atoms. The maximum absolute atomic E-state index is 13.5. The lowest BCUT2D eigenvalue weighted by Crippen LogP contribution is -2.63. The molecule has 5 rings (SSSR count). The molecule has 0 spiro atoms. The van der Waals surface area contributed by atoms with Gasteiger partial charge in [-0.3, -0.25) is 4.79 Å². The molecule has 1 amide bonds. The van der Waals surface area contributed by atoms with Crippen LogP contribution >= 0.6 is 0 Å². The zero-order valence-electron chi connectivity index (χ0n) is 18.5. The Balaban J connectivity index is 1.62. The molecule has 0 saturated carbocycles. The molecule has 0 bridgehead atoms. The van der Waals surface area contributed by atoms with Gasteiger partial charge in [0, 0.05) is 17.0 Å². The Kier molecular flexibility index (Phi) is 5.10. The first-order valence-electron chi connectivity index (χ1n) is 10.9. The Morgan fingerprint density at radius 3 is 2.41 bits per heavy atom. The van der Waals surface area contributed by atoms with Gasteiger partial charge in [0.05, 0.1) is 29.5 Å². The second-order valence-corrected chi connectivity index (χ2v) is 10.5. The minimum atomic E-state index is -4.08. The Bertz CT molecular complexity index is 1370. The molecule has 10 heteroatoms. The number of hydrogen-bond donors (Lipinski definition) is 2. The zero-order valence-corrected chi connectivity index (χ0v) is 19.3. The predicted octanol–water partition coefficient (Wildman–Crippen LogP) is 1.64. The summed E-state index contributed by atoms with van der Waals surface area (Å²) in [7, 11) is -4.08. The van der Waals surface area contributed by atoms with Gasteiger partial charge in [0.1, 0.15) is 11.4 Å². The molecular formula is C24H23N3O6S. The molecule has 2 aromatic carbocycles. The number of carbonyl (C=O) groups is 2. The molecule has 0 aliphatic carbocycles. The molecule has 0 radical (unpaired) electrons. The van der Waals surface area contributed by atoms with Crippen LogP contribution in [0.25, 0.3) is 0 Å². The number of β-lactam (4-membered cyclic amide) rings is 1. The van der Waals surface area contributed by atoms with Crippen LogP contribution in [-0.4, -0.2) is 64.2 Å². The van der Waals surface area contributed by atoms with Crippen molar-refractivity contribution in [3.63, 3.8) is 0 Å². The summed E-state index contributed by atoms with van der Waals surface area (Å²) in [5.41, 5.74) is 1.69. The first-order valence-corrected chi connectivity index (χ1v) is 12.3. The summed E-state index contributed by atoms with van der Waals surface area (Å²) >= 11 is 0. The van der Waals surface area contributed by atoms with Crippen LogP contribution in [-0.2, 0) is 19.6 Å². The van der Waals surface area contributed by atoms with E-state index in [0.29, 0.717) is 11.3 Å². The highest BCUT2D eigenvalue weighted by molar-refractivity contribution is 7.89. The van der Waals surface area contributed by atoms with E-state index in [4.69, 9.17) is 0 Å². The molecule has 3 heterocycles. The number of hydrogen-bond acceptors (Lipinski definition) is 6. The number of aliphatic hydroxyl groups excluding tert-OH is 1. The molecule has 3 aliphatic rings. The number of fused-ring (bicyclic) bond motifs is 2. The third kappa shape index (κ3) is 3.09. The number of carbonyl (C=O) groups excluding carboxylic acids is 1. The lowest BCUT2D eigenvalue weighted by molar-refractivity contribution is -0.163. The molecule has 2 N–H and O–H groups in total. The summed E-state index contributed by atoms with van der Waals surface area (Å²) in [5, 5.41) is 24.4. The van der Waals surface area contributed by atoms with Gasteiger partial charge < -0.3 is 15.1 Å². The van der Waals surface area contributed by atoms with Crippen LogP contribution in [0.1, 0.15) is 25.0 Å². The van der Waals surface area contributed by atoms with Crippen molar-refractivity contribution in [2.75, 3.05) is 6.54 Å². The molecule has 176 valence electrons. The van der Waals surface area contributed by atoms with Crippen LogP contribution in [0.5, 0.6) is 0 Å². The van der Waals surface area contributed by atoms with Crippen molar-refractivity contribution in [3.05, 3.63) is 77.0 Å². The van der Waals surface area contributed by atoms with Gasteiger partial charge in [-0.1, -0.05) is 55.5 Å². The number of nitrogens with zero attached hydrogens (tertiary/aromatic N) is 3. The summed E-state index contributed by atoms with van der Waals surface area (Å²) in [4.78, 5) is 26.0. The van der Waals surface area contributed by atoms with Crippen molar-refractivity contribution in [1.29, 1.82) is 0 Å². The second-order valence-electron chi connectivity index (χ2n) is 8.73. The maximum Gasteiger partial charge on any atom is 0.352 e. The molecular weight excluding hydrogens is 458 g/mol. The summed E-state index contributed by atoms with van der Waals surface area (Å²) in [6.45, 7) is 2.92. The highest BCUT2D eigenvalue weighted by Gasteiger charge is 2.60. The van der Waals surface area contributed by atoms with Gasteiger partial charge in [0.2, 0.25) is 5.91 Å². The number of hydrazone groups is 1. The average Bonchev–Trinajstić information content (AvgIpc) is 3.04. The highest BCUT2D eigenvalue weighted by atomic mass is 32.2. The van der Waals surface area contributed by atoms with Gasteiger partial charge in [0.15, 0.2) is 0 Å². The fourth-order valence-corrected chi connectivity index (χ4v) is 6.57. The zero-order chi connectivity index (χ0) is 24.4. The summed E-state index contributed by atoms with van der Waals surface area (Å²) < 4.78 is 27.9. The van der Waals surface area contributed by atoms with Gasteiger partial charge in [-0.05, 0) is 18.6 Å². The number of aliphatic hydroxyl groups is 1. The first-order chi connectivity index (χ1) is 16.1. The van der Waals surface area contributed by atoms with Crippen LogP contribution in [0.15, 0.2) is 75.9 Å². The quantitative estimate of drug-likeness (QED) is 0.625. The largest absolute Gasteiger partial charge is 0.477 e. The Morgan fingerprint density at radius 2 is 1.76 bits per heavy atom. The Morgan fingerprint density at radius 1 is 1.12 bits per heavy atom. The Labute approximate surface area is 196 Å². The van der Waals surface area contributed by atoms with Crippen molar-refractivity contribution in [2.24, 2.45) is 16.9 Å². The van der Waals surface area contributed by atoms with Gasteiger partial charge in [-0.25, -0.2) is 4.79 Å². The standard InChI is InChI=1S/C24H23N3O6S/c1-13-17(22(24(30)31)27-21(13)19(14(2)28)23(27)29)12-26-25-20(15-8-4-3-5-9-15)16-10-6-7-11-18(16)34(26,32)33/h3-11,13-14,19,21,28H,12H2,1-2H3,(H,30,31). The molecule has 3 aliphatic heterocycles. The number of rotatable bonds is 5. The van der Waals surface area contributed by atoms with Crippen LogP contribution in [0.2, 0.25) is 0 Å². The number of aliphatic carboxylic acids is 1. The van der Waals surface area contributed by atoms with Crippen LogP contribution in [0.4, 0.5) is 0 Å². The number of carboxylic acid groups (broad SMARTS) is 1. The number of sulfonamides is 1. The van der Waals surface area contributed by atoms with E-state index in [1.165, 1.54) is 17.9 Å². The first kappa shape index (κ1) is 22.3. The number of amides is 1. The molecule has 9 nitrogen and oxygen atoms in total. The normalized spacial score (nSPS) is 25.9. The third-order valence-electron chi connectivity index (χ3n) is 6.78. The molecule has 1 saturated heterocycles. The smallest absolute Gasteiger partial charge is 0.352 e. The van der Waals surface area contributed by atoms with E-state index in [1.807, 2.05) is 30.3 Å². The van der Waals surface area contributed by atoms with E-state index < -0.39 is 45.9 Å². The van der Waals surface area contributed by atoms with E-state index in [0.717, 1.165) is 9.98 Å². The average molecular weight is 482 g/mol. The molecule has 4 unspecified atom stereocenters. The SMILES string of the molecule is CC(O)C1C(=O)N2C(C(=O)O)=C(CN3N=C(c4ccccc4)c4ccccc4S3(=O)=O)C(C)C12. The van der Waals surface area contributed by atoms with Crippen molar-refractivity contribution >= 4 is 27.6 Å². The monoisotopic (exact) mass is 481 g/mol. The van der Waals surface area contributed by atoms with E-state index >= 15 is 0 Å². The maximum atomic E-state index is 13.5. The van der Waals surface area contributed by atoms with Gasteiger partial charge in [-0.2, -0.15) is 17.9 Å². The minimum Gasteiger partial charge on any atom is -0.477 e. The predicted molar refractivity (Wildman–Crippen MR) is 122 cm³/mol. The van der Waals surface area contributed by atoms with E-state index in [1.54, 1.807) is 25.1 Å². The summed E-state index contributed by atoms with van der Waals surface area (Å²) in [6.07, 6.45) is -0.945. The lowest BCUT2D eigenvalue weighted by atomic mass is 9.78. The topological polar surface area (TPSA) is 128 Å². The van der Waals surface area contributed by atoms with Crippen LogP contribution in [0.3, 0.4) is 0 Å². The second kappa shape index (κ2) is 7.78. The Hall–Kier alpha value is -3.50. The number of benzene rings is 2. The molecule has 4 atom stereocenters. The van der Waals surface area contributed by atoms with E-state index in [-0.39, 0.29) is 22.7 Å². The van der Waals surface area contributed by atoms with Crippen molar-refractivity contribution in [1.82, 2.24) is 9.31 Å². The van der Waals surface area contributed by atoms with Crippen molar-refractivity contribution in [3.8, 4) is 0 Å². The van der Waals surface area contributed by atoms with Crippen molar-refractivity contribution < 1.29 is 28.2 Å². The van der Waals surface area contributed by atoms with Gasteiger partial charge in [0.25, 0.3) is 10.0 Å². The highest BCUT2D eigenvalue weighted by Crippen LogP contribution is 2.47. The molecule has 1 fully saturated rings. The summed E-state index contributed by atoms with van der Waals surface area (Å²) in [5.74, 6) is -2.99. The van der Waals surface area contributed by atoms with E-state index in [2.05, 4.69) is 5.10 Å². The van der Waals surface area contributed by atoms with Crippen LogP contribution in [0, 0.1) is 11.8 Å². The minimum absolute atomic E-state index is 0.0770. The summed E-state index contributed by atoms with van der Waals surface area (Å²) in [6, 6.07) is 15.2. The van der Waals surface area contributed by atoms with Crippen molar-refractivity contribution in [2.45, 2.75) is 30.9 Å². The fraction of sp³-hybridized carbons (Fsp3) is 0.292.